The SMILES string of the molecule is COc1cc(S(=O)(=O)CCO)c(C)cc1[N+]#N. The molecule has 0 radical (unpaired) electrons. The van der Waals surface area contributed by atoms with E-state index in [0.29, 0.717) is 5.56 Å². The minimum absolute atomic E-state index is 0.0656. The number of aryl methyl sites for hydroxylation is 1. The summed E-state index contributed by atoms with van der Waals surface area (Å²) >= 11 is 0. The number of hydrogen-bond donors (Lipinski definition) is 1. The zero-order chi connectivity index (χ0) is 13.1. The van der Waals surface area contributed by atoms with Crippen LogP contribution in [0.15, 0.2) is 17.0 Å². The van der Waals surface area contributed by atoms with Gasteiger partial charge in [0.1, 0.15) is 0 Å². The average molecular weight is 257 g/mol. The lowest BCUT2D eigenvalue weighted by molar-refractivity contribution is 0.319. The number of benzene rings is 1. The fourth-order valence-electron chi connectivity index (χ4n) is 1.46. The molecule has 0 saturated heterocycles. The van der Waals surface area contributed by atoms with Crippen molar-refractivity contribution >= 4 is 15.5 Å². The lowest BCUT2D eigenvalue weighted by Gasteiger charge is -2.06. The maximum atomic E-state index is 11.8. The van der Waals surface area contributed by atoms with Gasteiger partial charge in [0.15, 0.2) is 14.8 Å². The van der Waals surface area contributed by atoms with E-state index in [2.05, 4.69) is 4.98 Å². The van der Waals surface area contributed by atoms with Gasteiger partial charge in [-0.25, -0.2) is 8.42 Å². The Morgan fingerprint density at radius 2 is 2.12 bits per heavy atom. The number of sulfone groups is 1. The van der Waals surface area contributed by atoms with E-state index in [1.54, 1.807) is 6.92 Å². The van der Waals surface area contributed by atoms with Gasteiger partial charge in [-0.3, -0.25) is 0 Å². The van der Waals surface area contributed by atoms with Crippen molar-refractivity contribution in [3.63, 3.8) is 0 Å². The van der Waals surface area contributed by atoms with Crippen LogP contribution >= 0.6 is 0 Å². The minimum atomic E-state index is -3.55. The van der Waals surface area contributed by atoms with E-state index in [-0.39, 0.29) is 22.1 Å². The summed E-state index contributed by atoms with van der Waals surface area (Å²) in [4.78, 5) is 3.07. The topological polar surface area (TPSA) is 91.8 Å². The number of hydrogen-bond acceptors (Lipinski definition) is 5. The summed E-state index contributed by atoms with van der Waals surface area (Å²) in [6.45, 7) is 1.13. The molecular formula is C10H13N2O4S+. The van der Waals surface area contributed by atoms with Gasteiger partial charge in [0.25, 0.3) is 0 Å². The fourth-order valence-corrected chi connectivity index (χ4v) is 2.76. The van der Waals surface area contributed by atoms with E-state index < -0.39 is 16.4 Å². The zero-order valence-electron chi connectivity index (χ0n) is 9.54. The van der Waals surface area contributed by atoms with Gasteiger partial charge in [0.05, 0.1) is 24.4 Å². The highest BCUT2D eigenvalue weighted by Gasteiger charge is 2.24. The van der Waals surface area contributed by atoms with Gasteiger partial charge >= 0.3 is 5.69 Å². The first kappa shape index (κ1) is 13.4. The number of nitrogens with zero attached hydrogens (tertiary/aromatic N) is 2. The van der Waals surface area contributed by atoms with E-state index in [0.717, 1.165) is 0 Å². The van der Waals surface area contributed by atoms with Gasteiger partial charge < -0.3 is 9.84 Å². The predicted octanol–water partition coefficient (Wildman–Crippen LogP) is 1.25. The molecule has 0 aliphatic carbocycles. The van der Waals surface area contributed by atoms with Gasteiger partial charge in [-0.15, -0.1) is 0 Å². The van der Waals surface area contributed by atoms with Crippen LogP contribution in [0, 0.1) is 12.3 Å². The molecule has 0 aliphatic heterocycles. The Kier molecular flexibility index (Phi) is 4.04. The highest BCUT2D eigenvalue weighted by atomic mass is 32.2. The van der Waals surface area contributed by atoms with Crippen molar-refractivity contribution in [1.82, 2.24) is 0 Å². The van der Waals surface area contributed by atoms with Gasteiger partial charge in [0, 0.05) is 12.1 Å². The van der Waals surface area contributed by atoms with E-state index in [4.69, 9.17) is 15.2 Å². The van der Waals surface area contributed by atoms with E-state index in [1.165, 1.54) is 19.2 Å². The van der Waals surface area contributed by atoms with Gasteiger partial charge in [-0.05, 0) is 12.5 Å². The quantitative estimate of drug-likeness (QED) is 0.820. The molecule has 17 heavy (non-hydrogen) atoms. The summed E-state index contributed by atoms with van der Waals surface area (Å²) in [7, 11) is -2.20. The highest BCUT2D eigenvalue weighted by Crippen LogP contribution is 2.33. The average Bonchev–Trinajstić information content (AvgIpc) is 2.28. The van der Waals surface area contributed by atoms with E-state index in [9.17, 15) is 8.42 Å². The van der Waals surface area contributed by atoms with Crippen LogP contribution in [0.25, 0.3) is 4.98 Å². The summed E-state index contributed by atoms with van der Waals surface area (Å²) in [6, 6.07) is 2.69. The van der Waals surface area contributed by atoms with Crippen molar-refractivity contribution in [2.45, 2.75) is 11.8 Å². The molecule has 92 valence electrons. The molecule has 1 rings (SSSR count). The Morgan fingerprint density at radius 1 is 1.47 bits per heavy atom. The zero-order valence-corrected chi connectivity index (χ0v) is 10.4. The normalized spacial score (nSPS) is 10.9. The van der Waals surface area contributed by atoms with Crippen LogP contribution in [-0.4, -0.2) is 33.0 Å². The molecule has 0 amide bonds. The van der Waals surface area contributed by atoms with Gasteiger partial charge in [-0.2, -0.15) is 0 Å². The second kappa shape index (κ2) is 5.12. The molecule has 1 aromatic rings. The second-order valence-corrected chi connectivity index (χ2v) is 5.51. The van der Waals surface area contributed by atoms with Gasteiger partial charge in [0.2, 0.25) is 11.1 Å². The van der Waals surface area contributed by atoms with Crippen LogP contribution in [0.2, 0.25) is 0 Å². The number of ether oxygens (including phenoxy) is 1. The molecular weight excluding hydrogens is 244 g/mol. The lowest BCUT2D eigenvalue weighted by atomic mass is 10.2. The number of aliphatic hydroxyl groups is 1. The molecule has 0 atom stereocenters. The third kappa shape index (κ3) is 2.72. The van der Waals surface area contributed by atoms with Crippen LogP contribution in [0.5, 0.6) is 5.75 Å². The van der Waals surface area contributed by atoms with Gasteiger partial charge in [-0.1, -0.05) is 0 Å². The van der Waals surface area contributed by atoms with Crippen molar-refractivity contribution in [2.75, 3.05) is 19.5 Å². The third-order valence-corrected chi connectivity index (χ3v) is 4.11. The molecule has 0 heterocycles. The number of aliphatic hydroxyl groups excluding tert-OH is 1. The third-order valence-electron chi connectivity index (χ3n) is 2.28. The number of diazo groups is 1. The molecule has 0 spiro atoms. The molecule has 0 saturated carbocycles. The summed E-state index contributed by atoms with van der Waals surface area (Å²) in [5, 5.41) is 17.4. The molecule has 7 heteroatoms. The second-order valence-electron chi connectivity index (χ2n) is 3.43. The molecule has 0 fully saturated rings. The van der Waals surface area contributed by atoms with E-state index in [1.807, 2.05) is 0 Å². The first-order chi connectivity index (χ1) is 7.96. The van der Waals surface area contributed by atoms with E-state index >= 15 is 0 Å². The number of methoxy groups -OCH3 is 1. The molecule has 0 unspecified atom stereocenters. The van der Waals surface area contributed by atoms with Crippen LogP contribution in [0.3, 0.4) is 0 Å². The predicted molar refractivity (Wildman–Crippen MR) is 61.6 cm³/mol. The molecule has 6 nitrogen and oxygen atoms in total. The minimum Gasteiger partial charge on any atom is -0.489 e. The molecule has 0 aromatic heterocycles. The molecule has 0 bridgehead atoms. The Bertz CT molecular complexity index is 560. The molecule has 0 aliphatic rings. The Labute approximate surface area is 99.4 Å². The van der Waals surface area contributed by atoms with Crippen molar-refractivity contribution < 1.29 is 18.3 Å². The Morgan fingerprint density at radius 3 is 2.59 bits per heavy atom. The first-order valence-corrected chi connectivity index (χ1v) is 6.49. The molecule has 1 aromatic carbocycles. The number of rotatable bonds is 4. The summed E-state index contributed by atoms with van der Waals surface area (Å²) in [6.07, 6.45) is 0. The monoisotopic (exact) mass is 257 g/mol. The summed E-state index contributed by atoms with van der Waals surface area (Å²) < 4.78 is 28.5. The largest absolute Gasteiger partial charge is 0.489 e. The van der Waals surface area contributed by atoms with Crippen LogP contribution < -0.4 is 4.74 Å². The summed E-state index contributed by atoms with van der Waals surface area (Å²) in [5.74, 6) is -0.193. The summed E-state index contributed by atoms with van der Waals surface area (Å²) in [5.41, 5.74) is 0.597. The maximum Gasteiger partial charge on any atom is 0.426 e. The van der Waals surface area contributed by atoms with Crippen molar-refractivity contribution in [1.29, 1.82) is 5.39 Å². The lowest BCUT2D eigenvalue weighted by Crippen LogP contribution is -2.11. The van der Waals surface area contributed by atoms with Crippen molar-refractivity contribution in [2.24, 2.45) is 0 Å². The molecule has 1 N–H and O–H groups in total. The van der Waals surface area contributed by atoms with Crippen LogP contribution in [-0.2, 0) is 9.84 Å². The van der Waals surface area contributed by atoms with Crippen molar-refractivity contribution in [3.8, 4) is 5.75 Å². The highest BCUT2D eigenvalue weighted by molar-refractivity contribution is 7.91. The smallest absolute Gasteiger partial charge is 0.426 e. The van der Waals surface area contributed by atoms with Crippen LogP contribution in [0.1, 0.15) is 5.56 Å². The van der Waals surface area contributed by atoms with Crippen LogP contribution in [0.4, 0.5) is 5.69 Å². The fraction of sp³-hybridized carbons (Fsp3) is 0.400. The standard InChI is InChI=1S/C10H13N2O4S/c1-7-5-8(12-11)9(16-2)6-10(7)17(14,15)4-3-13/h5-6,13H,3-4H2,1-2H3/q+1. The van der Waals surface area contributed by atoms with Crippen molar-refractivity contribution in [3.05, 3.63) is 22.7 Å². The first-order valence-electron chi connectivity index (χ1n) is 4.83. The Balaban J connectivity index is 3.43. The maximum absolute atomic E-state index is 11.8. The Hall–Kier alpha value is -1.65.